The Morgan fingerprint density at radius 2 is 1.61 bits per heavy atom. The Morgan fingerprint density at radius 1 is 0.857 bits per heavy atom. The molecule has 4 heteroatoms. The van der Waals surface area contributed by atoms with Crippen LogP contribution in [0.3, 0.4) is 0 Å². The van der Waals surface area contributed by atoms with Crippen molar-refractivity contribution in [2.24, 2.45) is 0 Å². The predicted molar refractivity (Wildman–Crippen MR) is 121 cm³/mol. The summed E-state index contributed by atoms with van der Waals surface area (Å²) in [5, 5.41) is 1.28. The van der Waals surface area contributed by atoms with Crippen LogP contribution in [-0.2, 0) is 19.5 Å². The van der Waals surface area contributed by atoms with E-state index in [1.807, 2.05) is 12.1 Å². The van der Waals surface area contributed by atoms with Gasteiger partial charge in [-0.25, -0.2) is 0 Å². The van der Waals surface area contributed by atoms with Gasteiger partial charge in [0.1, 0.15) is 0 Å². The maximum absolute atomic E-state index is 6.18. The zero-order valence-electron chi connectivity index (χ0n) is 17.0. The molecule has 0 radical (unpaired) electrons. The van der Waals surface area contributed by atoms with Gasteiger partial charge in [0.05, 0.1) is 10.0 Å². The van der Waals surface area contributed by atoms with Crippen molar-refractivity contribution in [3.63, 3.8) is 0 Å². The van der Waals surface area contributed by atoms with Gasteiger partial charge in [-0.05, 0) is 86.9 Å². The molecule has 2 aromatic rings. The molecule has 0 amide bonds. The fourth-order valence-corrected chi connectivity index (χ4v) is 4.78. The van der Waals surface area contributed by atoms with Gasteiger partial charge in [-0.1, -0.05) is 35.3 Å². The first kappa shape index (κ1) is 20.1. The molecule has 0 spiro atoms. The van der Waals surface area contributed by atoms with Gasteiger partial charge in [-0.15, -0.1) is 0 Å². The van der Waals surface area contributed by atoms with E-state index < -0.39 is 0 Å². The van der Waals surface area contributed by atoms with Crippen LogP contribution in [0.4, 0.5) is 5.69 Å². The van der Waals surface area contributed by atoms with Gasteiger partial charge in [0.2, 0.25) is 0 Å². The molecular formula is C24H30Cl2N2. The highest BCUT2D eigenvalue weighted by molar-refractivity contribution is 6.42. The highest BCUT2D eigenvalue weighted by Crippen LogP contribution is 2.35. The molecular weight excluding hydrogens is 387 g/mol. The lowest BCUT2D eigenvalue weighted by Crippen LogP contribution is -2.40. The Kier molecular flexibility index (Phi) is 5.92. The van der Waals surface area contributed by atoms with Gasteiger partial charge < -0.3 is 4.90 Å². The number of benzene rings is 2. The molecule has 0 aromatic heterocycles. The molecule has 0 unspecified atom stereocenters. The molecule has 2 nitrogen and oxygen atoms in total. The van der Waals surface area contributed by atoms with E-state index in [9.17, 15) is 0 Å². The second kappa shape index (κ2) is 8.26. The monoisotopic (exact) mass is 416 g/mol. The van der Waals surface area contributed by atoms with Gasteiger partial charge in [0.15, 0.2) is 0 Å². The Hall–Kier alpha value is -1.22. The van der Waals surface area contributed by atoms with Crippen molar-refractivity contribution in [2.75, 3.05) is 18.0 Å². The summed E-state index contributed by atoms with van der Waals surface area (Å²) in [5.74, 6) is 0. The maximum atomic E-state index is 6.18. The topological polar surface area (TPSA) is 6.48 Å². The summed E-state index contributed by atoms with van der Waals surface area (Å²) in [4.78, 5) is 5.18. The van der Waals surface area contributed by atoms with Crippen molar-refractivity contribution >= 4 is 28.9 Å². The van der Waals surface area contributed by atoms with Crippen molar-refractivity contribution < 1.29 is 0 Å². The number of aryl methyl sites for hydroxylation is 1. The van der Waals surface area contributed by atoms with Crippen LogP contribution in [0.25, 0.3) is 0 Å². The SMILES string of the molecule is CC(C)(CCc1ccc(Cl)c(Cl)c1)N1Cc2ccc(N3CCCCC3)cc2C1. The van der Waals surface area contributed by atoms with Gasteiger partial charge >= 0.3 is 0 Å². The molecule has 0 aliphatic carbocycles. The fraction of sp³-hybridized carbons (Fsp3) is 0.500. The molecule has 0 atom stereocenters. The summed E-state index contributed by atoms with van der Waals surface area (Å²) >= 11 is 12.2. The lowest BCUT2D eigenvalue weighted by Gasteiger charge is -2.35. The standard InChI is InChI=1S/C24H30Cl2N2/c1-24(2,11-10-18-6-9-22(25)23(26)14-18)28-16-19-7-8-21(15-20(19)17-28)27-12-4-3-5-13-27/h6-9,14-15H,3-5,10-13,16-17H2,1-2H3. The summed E-state index contributed by atoms with van der Waals surface area (Å²) in [6.07, 6.45) is 6.13. The zero-order chi connectivity index (χ0) is 19.7. The third-order valence-electron chi connectivity index (χ3n) is 6.50. The molecule has 2 aliphatic heterocycles. The maximum Gasteiger partial charge on any atom is 0.0595 e. The van der Waals surface area contributed by atoms with Gasteiger partial charge in [-0.2, -0.15) is 0 Å². The number of anilines is 1. The lowest BCUT2D eigenvalue weighted by atomic mass is 9.93. The molecule has 1 fully saturated rings. The largest absolute Gasteiger partial charge is 0.372 e. The van der Waals surface area contributed by atoms with E-state index in [0.29, 0.717) is 10.0 Å². The van der Waals surface area contributed by atoms with E-state index in [-0.39, 0.29) is 5.54 Å². The Morgan fingerprint density at radius 3 is 2.36 bits per heavy atom. The van der Waals surface area contributed by atoms with E-state index in [0.717, 1.165) is 25.9 Å². The highest BCUT2D eigenvalue weighted by Gasteiger charge is 2.32. The van der Waals surface area contributed by atoms with Crippen LogP contribution in [0.2, 0.25) is 10.0 Å². The molecule has 2 heterocycles. The van der Waals surface area contributed by atoms with Gasteiger partial charge in [-0.3, -0.25) is 4.90 Å². The number of halogens is 2. The highest BCUT2D eigenvalue weighted by atomic mass is 35.5. The lowest BCUT2D eigenvalue weighted by molar-refractivity contribution is 0.109. The average molecular weight is 417 g/mol. The van der Waals surface area contributed by atoms with Crippen molar-refractivity contribution in [3.8, 4) is 0 Å². The van der Waals surface area contributed by atoms with Crippen molar-refractivity contribution in [2.45, 2.75) is 64.6 Å². The number of hydrogen-bond donors (Lipinski definition) is 0. The van der Waals surface area contributed by atoms with E-state index in [2.05, 4.69) is 47.9 Å². The zero-order valence-corrected chi connectivity index (χ0v) is 18.5. The first-order valence-electron chi connectivity index (χ1n) is 10.5. The summed E-state index contributed by atoms with van der Waals surface area (Å²) in [7, 11) is 0. The molecule has 0 N–H and O–H groups in total. The van der Waals surface area contributed by atoms with Crippen LogP contribution in [-0.4, -0.2) is 23.5 Å². The van der Waals surface area contributed by atoms with E-state index >= 15 is 0 Å². The first-order chi connectivity index (χ1) is 13.4. The molecule has 150 valence electrons. The van der Waals surface area contributed by atoms with Crippen LogP contribution in [0.15, 0.2) is 36.4 Å². The first-order valence-corrected chi connectivity index (χ1v) is 11.2. The van der Waals surface area contributed by atoms with E-state index in [1.54, 1.807) is 0 Å². The van der Waals surface area contributed by atoms with E-state index in [1.165, 1.54) is 54.7 Å². The number of piperidine rings is 1. The Bertz CT molecular complexity index is 840. The molecule has 2 aromatic carbocycles. The van der Waals surface area contributed by atoms with Crippen molar-refractivity contribution in [1.82, 2.24) is 4.90 Å². The normalized spacial score (nSPS) is 17.8. The van der Waals surface area contributed by atoms with E-state index in [4.69, 9.17) is 23.2 Å². The Balaban J connectivity index is 1.41. The van der Waals surface area contributed by atoms with Gasteiger partial charge in [0.25, 0.3) is 0 Å². The minimum atomic E-state index is 0.135. The van der Waals surface area contributed by atoms with Crippen LogP contribution in [0.5, 0.6) is 0 Å². The predicted octanol–water partition coefficient (Wildman–Crippen LogP) is 6.71. The number of nitrogens with zero attached hydrogens (tertiary/aromatic N) is 2. The van der Waals surface area contributed by atoms with Crippen LogP contribution >= 0.6 is 23.2 Å². The fourth-order valence-electron chi connectivity index (χ4n) is 4.46. The summed E-state index contributed by atoms with van der Waals surface area (Å²) < 4.78 is 0. The van der Waals surface area contributed by atoms with Crippen LogP contribution in [0, 0.1) is 0 Å². The number of fused-ring (bicyclic) bond motifs is 1. The second-order valence-electron chi connectivity index (χ2n) is 8.92. The third kappa shape index (κ3) is 4.35. The van der Waals surface area contributed by atoms with Gasteiger partial charge in [0, 0.05) is 37.4 Å². The molecule has 28 heavy (non-hydrogen) atoms. The van der Waals surface area contributed by atoms with Crippen molar-refractivity contribution in [3.05, 3.63) is 63.1 Å². The molecule has 0 saturated carbocycles. The second-order valence-corrected chi connectivity index (χ2v) is 9.73. The molecule has 1 saturated heterocycles. The molecule has 4 rings (SSSR count). The molecule has 0 bridgehead atoms. The van der Waals surface area contributed by atoms with Crippen molar-refractivity contribution in [1.29, 1.82) is 0 Å². The smallest absolute Gasteiger partial charge is 0.0595 e. The number of hydrogen-bond acceptors (Lipinski definition) is 2. The van der Waals surface area contributed by atoms with Crippen LogP contribution < -0.4 is 4.90 Å². The third-order valence-corrected chi connectivity index (χ3v) is 7.24. The quantitative estimate of drug-likeness (QED) is 0.533. The Labute approximate surface area is 179 Å². The summed E-state index contributed by atoms with van der Waals surface area (Å²) in [6.45, 7) is 9.23. The minimum absolute atomic E-state index is 0.135. The summed E-state index contributed by atoms with van der Waals surface area (Å²) in [5.41, 5.74) is 5.80. The molecule has 2 aliphatic rings. The van der Waals surface area contributed by atoms with Crippen LogP contribution in [0.1, 0.15) is 56.2 Å². The minimum Gasteiger partial charge on any atom is -0.372 e. The number of rotatable bonds is 5. The summed E-state index contributed by atoms with van der Waals surface area (Å²) in [6, 6.07) is 13.1. The average Bonchev–Trinajstić information content (AvgIpc) is 3.14.